The molecule has 0 aliphatic heterocycles. The maximum atomic E-state index is 11.9. The summed E-state index contributed by atoms with van der Waals surface area (Å²) in [6.07, 6.45) is 6.12. The van der Waals surface area contributed by atoms with Crippen LogP contribution in [0.1, 0.15) is 39.0 Å². The third kappa shape index (κ3) is 2.45. The quantitative estimate of drug-likeness (QED) is 0.639. The van der Waals surface area contributed by atoms with Crippen LogP contribution in [0, 0.1) is 23.7 Å². The van der Waals surface area contributed by atoms with Gasteiger partial charge in [-0.3, -0.25) is 4.79 Å². The van der Waals surface area contributed by atoms with Crippen LogP contribution in [0.25, 0.3) is 0 Å². The third-order valence-corrected chi connectivity index (χ3v) is 5.83. The average Bonchev–Trinajstić information content (AvgIpc) is 2.41. The Hall–Kier alpha value is -0.710. The smallest absolute Gasteiger partial charge is 0.344 e. The Balaban J connectivity index is 1.61. The van der Waals surface area contributed by atoms with Gasteiger partial charge < -0.3 is 9.47 Å². The lowest BCUT2D eigenvalue weighted by molar-refractivity contribution is -0.207. The molecule has 0 aromatic carbocycles. The topological polar surface area (TPSA) is 52.6 Å². The van der Waals surface area contributed by atoms with E-state index in [1.165, 1.54) is 32.1 Å². The lowest BCUT2D eigenvalue weighted by Crippen LogP contribution is -2.58. The molecule has 0 saturated heterocycles. The van der Waals surface area contributed by atoms with E-state index in [1.54, 1.807) is 0 Å². The standard InChI is InChI=1S/C15H22O4S/c1-15(19-13(16)7-18-14(17)8-20)11-3-9-2-10(5-11)6-12(15)4-9/h9-12,20H,2-8H2,1H3. The highest BCUT2D eigenvalue weighted by Gasteiger charge is 2.57. The largest absolute Gasteiger partial charge is 0.456 e. The maximum Gasteiger partial charge on any atom is 0.344 e. The van der Waals surface area contributed by atoms with Crippen molar-refractivity contribution >= 4 is 24.6 Å². The van der Waals surface area contributed by atoms with Crippen LogP contribution < -0.4 is 0 Å². The summed E-state index contributed by atoms with van der Waals surface area (Å²) in [6.45, 7) is 1.79. The molecule has 0 amide bonds. The van der Waals surface area contributed by atoms with E-state index >= 15 is 0 Å². The van der Waals surface area contributed by atoms with Gasteiger partial charge in [0, 0.05) is 0 Å². The molecule has 0 N–H and O–H groups in total. The Kier molecular flexibility index (Phi) is 3.73. The minimum Gasteiger partial charge on any atom is -0.456 e. The third-order valence-electron chi connectivity index (χ3n) is 5.57. The second-order valence-corrected chi connectivity index (χ2v) is 7.10. The van der Waals surface area contributed by atoms with Gasteiger partial charge in [-0.05, 0) is 62.7 Å². The first-order chi connectivity index (χ1) is 9.51. The fourth-order valence-electron chi connectivity index (χ4n) is 4.75. The Bertz CT molecular complexity index is 392. The molecule has 0 atom stereocenters. The van der Waals surface area contributed by atoms with Gasteiger partial charge in [-0.1, -0.05) is 0 Å². The molecule has 4 rings (SSSR count). The molecule has 4 bridgehead atoms. The van der Waals surface area contributed by atoms with E-state index in [1.807, 2.05) is 0 Å². The van der Waals surface area contributed by atoms with Crippen molar-refractivity contribution in [1.29, 1.82) is 0 Å². The van der Waals surface area contributed by atoms with Crippen LogP contribution in [-0.2, 0) is 19.1 Å². The molecule has 4 aliphatic rings. The molecule has 20 heavy (non-hydrogen) atoms. The SMILES string of the molecule is CC1(OC(=O)COC(=O)CS)C2CC3CC(C2)CC1C3. The van der Waals surface area contributed by atoms with Crippen molar-refractivity contribution in [2.24, 2.45) is 23.7 Å². The second kappa shape index (κ2) is 5.24. The normalized spacial score (nSPS) is 41.5. The number of esters is 2. The molecule has 4 saturated carbocycles. The zero-order valence-corrected chi connectivity index (χ0v) is 12.7. The number of hydrogen-bond donors (Lipinski definition) is 1. The number of thiol groups is 1. The van der Waals surface area contributed by atoms with Crippen molar-refractivity contribution in [3.05, 3.63) is 0 Å². The Morgan fingerprint density at radius 1 is 1.05 bits per heavy atom. The molecule has 112 valence electrons. The highest BCUT2D eigenvalue weighted by molar-refractivity contribution is 7.81. The molecular weight excluding hydrogens is 276 g/mol. The van der Waals surface area contributed by atoms with Crippen molar-refractivity contribution in [2.75, 3.05) is 12.4 Å². The van der Waals surface area contributed by atoms with Gasteiger partial charge >= 0.3 is 11.9 Å². The monoisotopic (exact) mass is 298 g/mol. The summed E-state index contributed by atoms with van der Waals surface area (Å²) in [5.74, 6) is 1.74. The fraction of sp³-hybridized carbons (Fsp3) is 0.867. The maximum absolute atomic E-state index is 11.9. The molecule has 4 nitrogen and oxygen atoms in total. The van der Waals surface area contributed by atoms with Gasteiger partial charge in [0.25, 0.3) is 0 Å². The van der Waals surface area contributed by atoms with Crippen LogP contribution in [0.3, 0.4) is 0 Å². The van der Waals surface area contributed by atoms with Crippen molar-refractivity contribution in [2.45, 2.75) is 44.6 Å². The van der Waals surface area contributed by atoms with E-state index in [0.29, 0.717) is 11.8 Å². The predicted octanol–water partition coefficient (Wildman–Crippen LogP) is 2.22. The molecule has 0 aromatic rings. The summed E-state index contributed by atoms with van der Waals surface area (Å²) in [5.41, 5.74) is -0.349. The fourth-order valence-corrected chi connectivity index (χ4v) is 4.84. The molecule has 0 unspecified atom stereocenters. The van der Waals surface area contributed by atoms with Gasteiger partial charge in [0.2, 0.25) is 0 Å². The average molecular weight is 298 g/mol. The summed E-state index contributed by atoms with van der Waals surface area (Å²) >= 11 is 3.81. The van der Waals surface area contributed by atoms with Crippen LogP contribution in [-0.4, -0.2) is 29.9 Å². The molecule has 0 radical (unpaired) electrons. The van der Waals surface area contributed by atoms with Gasteiger partial charge in [0.05, 0.1) is 5.75 Å². The summed E-state index contributed by atoms with van der Waals surface area (Å²) in [6, 6.07) is 0. The van der Waals surface area contributed by atoms with Crippen LogP contribution in [0.5, 0.6) is 0 Å². The number of ether oxygens (including phenoxy) is 2. The molecule has 5 heteroatoms. The lowest BCUT2D eigenvalue weighted by atomic mass is 9.50. The lowest BCUT2D eigenvalue weighted by Gasteiger charge is -2.59. The molecule has 0 aromatic heterocycles. The first kappa shape index (κ1) is 14.2. The first-order valence-electron chi connectivity index (χ1n) is 7.49. The molecular formula is C15H22O4S. The van der Waals surface area contributed by atoms with Crippen molar-refractivity contribution in [3.63, 3.8) is 0 Å². The van der Waals surface area contributed by atoms with E-state index in [4.69, 9.17) is 9.47 Å². The first-order valence-corrected chi connectivity index (χ1v) is 8.12. The van der Waals surface area contributed by atoms with Crippen molar-refractivity contribution < 1.29 is 19.1 Å². The van der Waals surface area contributed by atoms with E-state index in [9.17, 15) is 9.59 Å². The van der Waals surface area contributed by atoms with Crippen molar-refractivity contribution in [3.8, 4) is 0 Å². The van der Waals surface area contributed by atoms with Crippen LogP contribution in [0.4, 0.5) is 0 Å². The Morgan fingerprint density at radius 2 is 1.60 bits per heavy atom. The van der Waals surface area contributed by atoms with Crippen LogP contribution >= 0.6 is 12.6 Å². The summed E-state index contributed by atoms with van der Waals surface area (Å²) in [4.78, 5) is 23.0. The highest BCUT2D eigenvalue weighted by Crippen LogP contribution is 2.59. The summed E-state index contributed by atoms with van der Waals surface area (Å²) in [7, 11) is 0. The summed E-state index contributed by atoms with van der Waals surface area (Å²) < 4.78 is 10.6. The van der Waals surface area contributed by atoms with Crippen LogP contribution in [0.15, 0.2) is 0 Å². The van der Waals surface area contributed by atoms with Gasteiger partial charge in [-0.15, -0.1) is 0 Å². The molecule has 4 fully saturated rings. The van der Waals surface area contributed by atoms with E-state index in [2.05, 4.69) is 19.6 Å². The van der Waals surface area contributed by atoms with E-state index in [0.717, 1.165) is 11.8 Å². The zero-order chi connectivity index (χ0) is 14.3. The Morgan fingerprint density at radius 3 is 2.10 bits per heavy atom. The van der Waals surface area contributed by atoms with Gasteiger partial charge in [-0.2, -0.15) is 12.6 Å². The van der Waals surface area contributed by atoms with Gasteiger partial charge in [0.1, 0.15) is 5.60 Å². The number of carbonyl (C=O) groups excluding carboxylic acids is 2. The van der Waals surface area contributed by atoms with Crippen LogP contribution in [0.2, 0.25) is 0 Å². The second-order valence-electron chi connectivity index (χ2n) is 6.78. The highest BCUT2D eigenvalue weighted by atomic mass is 32.1. The number of carbonyl (C=O) groups is 2. The number of hydrogen-bond acceptors (Lipinski definition) is 5. The minimum absolute atomic E-state index is 0.0147. The minimum atomic E-state index is -0.486. The molecule has 0 spiro atoms. The Labute approximate surface area is 125 Å². The van der Waals surface area contributed by atoms with E-state index < -0.39 is 11.9 Å². The van der Waals surface area contributed by atoms with Gasteiger partial charge in [-0.25, -0.2) is 4.79 Å². The molecule has 0 heterocycles. The van der Waals surface area contributed by atoms with E-state index in [-0.39, 0.29) is 18.0 Å². The van der Waals surface area contributed by atoms with Gasteiger partial charge in [0.15, 0.2) is 6.61 Å². The van der Waals surface area contributed by atoms with Crippen molar-refractivity contribution in [1.82, 2.24) is 0 Å². The number of rotatable bonds is 4. The summed E-state index contributed by atoms with van der Waals surface area (Å²) in [5, 5.41) is 0. The molecule has 4 aliphatic carbocycles. The predicted molar refractivity (Wildman–Crippen MR) is 76.4 cm³/mol. The zero-order valence-electron chi connectivity index (χ0n) is 11.8.